The lowest BCUT2D eigenvalue weighted by Gasteiger charge is -2.03. The van der Waals surface area contributed by atoms with Crippen LogP contribution in [-0.4, -0.2) is 26.3 Å². The van der Waals surface area contributed by atoms with E-state index in [0.717, 1.165) is 11.3 Å². The van der Waals surface area contributed by atoms with Crippen LogP contribution in [0.2, 0.25) is 0 Å². The largest absolute Gasteiger partial charge is 0.296 e. The average molecular weight is 270 g/mol. The van der Waals surface area contributed by atoms with Crippen molar-refractivity contribution in [2.24, 2.45) is 0 Å². The van der Waals surface area contributed by atoms with Crippen LogP contribution in [0.3, 0.4) is 0 Å². The number of aldehydes is 1. The Morgan fingerprint density at radius 3 is 2.68 bits per heavy atom. The minimum atomic E-state index is 0.319. The van der Waals surface area contributed by atoms with Gasteiger partial charge < -0.3 is 0 Å². The van der Waals surface area contributed by atoms with Gasteiger partial charge >= 0.3 is 0 Å². The molecule has 0 atom stereocenters. The van der Waals surface area contributed by atoms with Crippen LogP contribution in [0.1, 0.15) is 16.2 Å². The Bertz CT molecular complexity index is 717. The van der Waals surface area contributed by atoms with Gasteiger partial charge in [-0.15, -0.1) is 16.4 Å². The first-order chi connectivity index (χ1) is 9.29. The Morgan fingerprint density at radius 2 is 2.05 bits per heavy atom. The first-order valence-electron chi connectivity index (χ1n) is 5.68. The van der Waals surface area contributed by atoms with Crippen molar-refractivity contribution in [1.82, 2.24) is 20.0 Å². The van der Waals surface area contributed by atoms with Crippen molar-refractivity contribution >= 4 is 17.6 Å². The van der Waals surface area contributed by atoms with E-state index in [4.69, 9.17) is 0 Å². The molecule has 0 spiro atoms. The Morgan fingerprint density at radius 1 is 1.26 bits per heavy atom. The van der Waals surface area contributed by atoms with E-state index in [1.807, 2.05) is 42.6 Å². The number of carbonyl (C=O) groups excluding carboxylic acids is 1. The van der Waals surface area contributed by atoms with Gasteiger partial charge in [-0.3, -0.25) is 4.79 Å². The normalized spacial score (nSPS) is 10.6. The van der Waals surface area contributed by atoms with E-state index in [1.54, 1.807) is 4.68 Å². The van der Waals surface area contributed by atoms with Gasteiger partial charge in [0.2, 0.25) is 5.13 Å². The molecule has 0 bridgehead atoms. The van der Waals surface area contributed by atoms with Crippen LogP contribution in [0.4, 0.5) is 0 Å². The molecule has 3 rings (SSSR count). The quantitative estimate of drug-likeness (QED) is 0.686. The van der Waals surface area contributed by atoms with Crippen molar-refractivity contribution in [3.05, 3.63) is 47.1 Å². The van der Waals surface area contributed by atoms with Crippen LogP contribution in [0.5, 0.6) is 0 Å². The third kappa shape index (κ3) is 2.06. The Balaban J connectivity index is 2.22. The smallest absolute Gasteiger partial charge is 0.212 e. The summed E-state index contributed by atoms with van der Waals surface area (Å²) in [6, 6.07) is 9.58. The molecule has 5 nitrogen and oxygen atoms in total. The van der Waals surface area contributed by atoms with Crippen molar-refractivity contribution in [3.8, 4) is 16.4 Å². The Kier molecular flexibility index (Phi) is 2.92. The molecule has 0 saturated carbocycles. The summed E-state index contributed by atoms with van der Waals surface area (Å²) in [6.45, 7) is 1.92. The maximum Gasteiger partial charge on any atom is 0.212 e. The third-order valence-electron chi connectivity index (χ3n) is 2.64. The molecular formula is C13H10N4OS. The van der Waals surface area contributed by atoms with E-state index < -0.39 is 0 Å². The fraction of sp³-hybridized carbons (Fsp3) is 0.0769. The highest BCUT2D eigenvalue weighted by molar-refractivity contribution is 7.12. The Labute approximate surface area is 113 Å². The van der Waals surface area contributed by atoms with Gasteiger partial charge in [0.15, 0.2) is 12.0 Å². The molecule has 0 radical (unpaired) electrons. The van der Waals surface area contributed by atoms with Gasteiger partial charge in [0.25, 0.3) is 0 Å². The van der Waals surface area contributed by atoms with Crippen molar-refractivity contribution in [3.63, 3.8) is 0 Å². The van der Waals surface area contributed by atoms with Gasteiger partial charge in [0, 0.05) is 10.9 Å². The minimum absolute atomic E-state index is 0.319. The highest BCUT2D eigenvalue weighted by atomic mass is 32.1. The highest BCUT2D eigenvalue weighted by Gasteiger charge is 2.17. The molecule has 0 N–H and O–H groups in total. The molecule has 0 saturated heterocycles. The van der Waals surface area contributed by atoms with Crippen molar-refractivity contribution in [1.29, 1.82) is 0 Å². The number of nitrogens with zero attached hydrogens (tertiary/aromatic N) is 4. The Hall–Kier alpha value is -2.34. The zero-order valence-corrected chi connectivity index (χ0v) is 11.0. The number of rotatable bonds is 3. The molecule has 19 heavy (non-hydrogen) atoms. The van der Waals surface area contributed by atoms with Crippen LogP contribution >= 0.6 is 11.3 Å². The molecule has 0 amide bonds. The van der Waals surface area contributed by atoms with Gasteiger partial charge in [-0.25, -0.2) is 4.98 Å². The van der Waals surface area contributed by atoms with Gasteiger partial charge in [-0.1, -0.05) is 35.5 Å². The summed E-state index contributed by atoms with van der Waals surface area (Å²) in [7, 11) is 0. The zero-order chi connectivity index (χ0) is 13.2. The van der Waals surface area contributed by atoms with E-state index in [9.17, 15) is 4.79 Å². The minimum Gasteiger partial charge on any atom is -0.296 e. The molecule has 94 valence electrons. The first-order valence-corrected chi connectivity index (χ1v) is 6.56. The molecule has 6 heteroatoms. The molecule has 1 aromatic carbocycles. The highest BCUT2D eigenvalue weighted by Crippen LogP contribution is 2.25. The van der Waals surface area contributed by atoms with Crippen LogP contribution in [-0.2, 0) is 0 Å². The van der Waals surface area contributed by atoms with E-state index >= 15 is 0 Å². The molecule has 3 aromatic rings. The standard InChI is InChI=1S/C13H10N4OS/c1-9-8-19-13(14-9)17-12(11(7-18)15-16-17)10-5-3-2-4-6-10/h2-8H,1H3. The van der Waals surface area contributed by atoms with Crippen LogP contribution in [0.15, 0.2) is 35.7 Å². The molecule has 0 aliphatic heterocycles. The fourth-order valence-electron chi connectivity index (χ4n) is 1.81. The predicted molar refractivity (Wildman–Crippen MR) is 72.6 cm³/mol. The summed E-state index contributed by atoms with van der Waals surface area (Å²) in [6.07, 6.45) is 0.715. The zero-order valence-electron chi connectivity index (χ0n) is 10.1. The molecule has 0 aliphatic carbocycles. The molecule has 2 aromatic heterocycles. The molecule has 0 unspecified atom stereocenters. The molecule has 0 fully saturated rings. The number of hydrogen-bond donors (Lipinski definition) is 0. The maximum atomic E-state index is 11.1. The third-order valence-corrected chi connectivity index (χ3v) is 3.58. The molecule has 2 heterocycles. The predicted octanol–water partition coefficient (Wildman–Crippen LogP) is 2.51. The topological polar surface area (TPSA) is 60.7 Å². The molecule has 0 aliphatic rings. The maximum absolute atomic E-state index is 11.1. The summed E-state index contributed by atoms with van der Waals surface area (Å²) in [4.78, 5) is 15.5. The van der Waals surface area contributed by atoms with Crippen LogP contribution in [0, 0.1) is 6.92 Å². The first kappa shape index (κ1) is 11.7. The summed E-state index contributed by atoms with van der Waals surface area (Å²) < 4.78 is 1.61. The summed E-state index contributed by atoms with van der Waals surface area (Å²) in [5.74, 6) is 0. The van der Waals surface area contributed by atoms with Gasteiger partial charge in [-0.05, 0) is 6.92 Å². The van der Waals surface area contributed by atoms with Crippen molar-refractivity contribution in [2.75, 3.05) is 0 Å². The number of aryl methyl sites for hydroxylation is 1. The molecular weight excluding hydrogens is 260 g/mol. The fourth-order valence-corrected chi connectivity index (χ4v) is 2.56. The monoisotopic (exact) mass is 270 g/mol. The van der Waals surface area contributed by atoms with E-state index in [2.05, 4.69) is 15.3 Å². The lowest BCUT2D eigenvalue weighted by Crippen LogP contribution is -1.99. The van der Waals surface area contributed by atoms with Gasteiger partial charge in [-0.2, -0.15) is 4.68 Å². The summed E-state index contributed by atoms with van der Waals surface area (Å²) in [5.41, 5.74) is 2.80. The second-order valence-electron chi connectivity index (χ2n) is 3.99. The second-order valence-corrected chi connectivity index (χ2v) is 4.83. The van der Waals surface area contributed by atoms with Gasteiger partial charge in [0.05, 0.1) is 5.69 Å². The lowest BCUT2D eigenvalue weighted by atomic mass is 10.1. The number of aromatic nitrogens is 4. The number of thiazole rings is 1. The van der Waals surface area contributed by atoms with Crippen molar-refractivity contribution < 1.29 is 4.79 Å². The van der Waals surface area contributed by atoms with Gasteiger partial charge in [0.1, 0.15) is 5.69 Å². The van der Waals surface area contributed by atoms with Crippen LogP contribution in [0.25, 0.3) is 16.4 Å². The number of carbonyl (C=O) groups is 1. The van der Waals surface area contributed by atoms with E-state index in [0.29, 0.717) is 22.8 Å². The summed E-state index contributed by atoms with van der Waals surface area (Å²) in [5, 5.41) is 10.6. The lowest BCUT2D eigenvalue weighted by molar-refractivity contribution is 0.111. The van der Waals surface area contributed by atoms with E-state index in [-0.39, 0.29) is 0 Å². The van der Waals surface area contributed by atoms with Crippen LogP contribution < -0.4 is 0 Å². The second kappa shape index (κ2) is 4.74. The number of hydrogen-bond acceptors (Lipinski definition) is 5. The summed E-state index contributed by atoms with van der Waals surface area (Å²) >= 11 is 1.47. The SMILES string of the molecule is Cc1csc(-n2nnc(C=O)c2-c2ccccc2)n1. The van der Waals surface area contributed by atoms with Crippen molar-refractivity contribution in [2.45, 2.75) is 6.92 Å². The number of benzene rings is 1. The van der Waals surface area contributed by atoms with E-state index in [1.165, 1.54) is 11.3 Å². The average Bonchev–Trinajstić information content (AvgIpc) is 3.05.